The highest BCUT2D eigenvalue weighted by atomic mass is 35.5. The maximum atomic E-state index is 12.3. The fourth-order valence-electron chi connectivity index (χ4n) is 3.47. The van der Waals surface area contributed by atoms with Crippen LogP contribution in [0.4, 0.5) is 5.69 Å². The molecule has 1 aromatic rings. The number of carbonyl (C=O) groups is 2. The smallest absolute Gasteiger partial charge is 0.232 e. The number of Topliss-reactive ketones (excluding diaryl/α,β-unsaturated/α-hetero) is 1. The van der Waals surface area contributed by atoms with Gasteiger partial charge in [0.2, 0.25) is 5.91 Å². The number of nitrogens with one attached hydrogen (secondary N) is 1. The lowest BCUT2D eigenvalue weighted by Crippen LogP contribution is -2.22. The Morgan fingerprint density at radius 3 is 2.70 bits per heavy atom. The number of amides is 1. The van der Waals surface area contributed by atoms with Crippen molar-refractivity contribution < 1.29 is 9.59 Å². The second-order valence-electron chi connectivity index (χ2n) is 5.72. The monoisotopic (exact) mass is 291 g/mol. The van der Waals surface area contributed by atoms with Gasteiger partial charge in [0.25, 0.3) is 0 Å². The number of benzene rings is 1. The first kappa shape index (κ1) is 13.6. The number of carbonyl (C=O) groups excluding carboxylic acids is 2. The molecule has 1 fully saturated rings. The van der Waals surface area contributed by atoms with Gasteiger partial charge in [-0.15, -0.1) is 11.6 Å². The fraction of sp³-hybridized carbons (Fsp3) is 0.500. The fourth-order valence-corrected chi connectivity index (χ4v) is 3.63. The zero-order valence-electron chi connectivity index (χ0n) is 11.3. The van der Waals surface area contributed by atoms with Crippen LogP contribution >= 0.6 is 11.6 Å². The molecule has 0 saturated heterocycles. The molecule has 1 atom stereocenters. The molecule has 1 aliphatic carbocycles. The van der Waals surface area contributed by atoms with Gasteiger partial charge in [-0.05, 0) is 42.5 Å². The largest absolute Gasteiger partial charge is 0.325 e. The van der Waals surface area contributed by atoms with Gasteiger partial charge in [0.1, 0.15) is 0 Å². The van der Waals surface area contributed by atoms with Crippen molar-refractivity contribution in [2.45, 2.75) is 38.0 Å². The zero-order valence-corrected chi connectivity index (χ0v) is 12.1. The second kappa shape index (κ2) is 5.57. The number of hydrogen-bond donors (Lipinski definition) is 1. The van der Waals surface area contributed by atoms with Crippen molar-refractivity contribution in [1.82, 2.24) is 0 Å². The van der Waals surface area contributed by atoms with E-state index in [9.17, 15) is 9.59 Å². The number of hydrogen-bond acceptors (Lipinski definition) is 2. The van der Waals surface area contributed by atoms with Crippen LogP contribution in [-0.2, 0) is 4.79 Å². The summed E-state index contributed by atoms with van der Waals surface area (Å²) in [6, 6.07) is 5.43. The van der Waals surface area contributed by atoms with E-state index in [2.05, 4.69) is 5.32 Å². The van der Waals surface area contributed by atoms with Gasteiger partial charge in [0.05, 0.1) is 11.8 Å². The number of ketones is 1. The molecule has 1 amide bonds. The molecule has 1 N–H and O–H groups in total. The number of fused-ring (bicyclic) bond motifs is 1. The summed E-state index contributed by atoms with van der Waals surface area (Å²) in [5, 5.41) is 2.95. The Morgan fingerprint density at radius 1 is 1.25 bits per heavy atom. The summed E-state index contributed by atoms with van der Waals surface area (Å²) in [4.78, 5) is 24.0. The van der Waals surface area contributed by atoms with Crippen LogP contribution in [0.3, 0.4) is 0 Å². The summed E-state index contributed by atoms with van der Waals surface area (Å²) in [6.45, 7) is 0. The SMILES string of the molecule is O=C(CCl)c1ccc2c(c1)C(C1CCCCC1)C(=O)N2. The lowest BCUT2D eigenvalue weighted by molar-refractivity contribution is -0.118. The van der Waals surface area contributed by atoms with Crippen LogP contribution < -0.4 is 5.32 Å². The molecule has 1 saturated carbocycles. The lowest BCUT2D eigenvalue weighted by atomic mass is 9.77. The molecule has 20 heavy (non-hydrogen) atoms. The van der Waals surface area contributed by atoms with Crippen molar-refractivity contribution >= 4 is 29.0 Å². The highest BCUT2D eigenvalue weighted by Gasteiger charge is 2.37. The van der Waals surface area contributed by atoms with Gasteiger partial charge in [0.15, 0.2) is 5.78 Å². The average Bonchev–Trinajstić information content (AvgIpc) is 2.82. The van der Waals surface area contributed by atoms with Crippen molar-refractivity contribution in [3.05, 3.63) is 29.3 Å². The van der Waals surface area contributed by atoms with E-state index < -0.39 is 0 Å². The molecule has 4 heteroatoms. The quantitative estimate of drug-likeness (QED) is 0.681. The molecule has 106 valence electrons. The van der Waals surface area contributed by atoms with Gasteiger partial charge in [-0.25, -0.2) is 0 Å². The molecule has 0 bridgehead atoms. The van der Waals surface area contributed by atoms with Gasteiger partial charge in [-0.3, -0.25) is 9.59 Å². The summed E-state index contributed by atoms with van der Waals surface area (Å²) >= 11 is 5.62. The predicted octanol–water partition coefficient (Wildman–Crippen LogP) is 3.72. The molecule has 0 aromatic heterocycles. The summed E-state index contributed by atoms with van der Waals surface area (Å²) in [5.41, 5.74) is 2.45. The maximum absolute atomic E-state index is 12.3. The minimum Gasteiger partial charge on any atom is -0.325 e. The van der Waals surface area contributed by atoms with E-state index in [1.54, 1.807) is 6.07 Å². The molecule has 1 unspecified atom stereocenters. The van der Waals surface area contributed by atoms with Crippen LogP contribution in [0.1, 0.15) is 53.9 Å². The molecule has 0 spiro atoms. The van der Waals surface area contributed by atoms with E-state index >= 15 is 0 Å². The molecule has 1 aliphatic heterocycles. The lowest BCUT2D eigenvalue weighted by Gasteiger charge is -2.26. The van der Waals surface area contributed by atoms with Crippen molar-refractivity contribution in [3.63, 3.8) is 0 Å². The van der Waals surface area contributed by atoms with Gasteiger partial charge >= 0.3 is 0 Å². The summed E-state index contributed by atoms with van der Waals surface area (Å²) in [7, 11) is 0. The molecular weight excluding hydrogens is 274 g/mol. The third kappa shape index (κ3) is 2.35. The average molecular weight is 292 g/mol. The van der Waals surface area contributed by atoms with Gasteiger partial charge in [-0.1, -0.05) is 19.3 Å². The van der Waals surface area contributed by atoms with Gasteiger partial charge < -0.3 is 5.32 Å². The standard InChI is InChI=1S/C16H18ClNO2/c17-9-14(19)11-6-7-13-12(8-11)15(16(20)18-13)10-4-2-1-3-5-10/h6-8,10,15H,1-5,9H2,(H,18,20). The number of anilines is 1. The first-order valence-corrected chi connectivity index (χ1v) is 7.78. The number of rotatable bonds is 3. The van der Waals surface area contributed by atoms with Crippen molar-refractivity contribution in [1.29, 1.82) is 0 Å². The van der Waals surface area contributed by atoms with Crippen molar-refractivity contribution in [2.75, 3.05) is 11.2 Å². The molecule has 1 aromatic carbocycles. The topological polar surface area (TPSA) is 46.2 Å². The van der Waals surface area contributed by atoms with E-state index in [1.807, 2.05) is 12.1 Å². The Bertz CT molecular complexity index is 549. The molecular formula is C16H18ClNO2. The summed E-state index contributed by atoms with van der Waals surface area (Å²) in [6.07, 6.45) is 5.87. The Hall–Kier alpha value is -1.35. The first-order valence-electron chi connectivity index (χ1n) is 7.24. The minimum atomic E-state index is -0.0895. The predicted molar refractivity (Wildman–Crippen MR) is 79.4 cm³/mol. The molecule has 3 nitrogen and oxygen atoms in total. The maximum Gasteiger partial charge on any atom is 0.232 e. The molecule has 1 heterocycles. The molecule has 3 rings (SSSR count). The molecule has 0 radical (unpaired) electrons. The Balaban J connectivity index is 1.94. The van der Waals surface area contributed by atoms with Gasteiger partial charge in [-0.2, -0.15) is 0 Å². The van der Waals surface area contributed by atoms with Crippen LogP contribution in [0.2, 0.25) is 0 Å². The van der Waals surface area contributed by atoms with E-state index in [4.69, 9.17) is 11.6 Å². The van der Waals surface area contributed by atoms with Crippen molar-refractivity contribution in [3.8, 4) is 0 Å². The molecule has 2 aliphatic rings. The minimum absolute atomic E-state index is 0.0196. The highest BCUT2D eigenvalue weighted by Crippen LogP contribution is 2.43. The summed E-state index contributed by atoms with van der Waals surface area (Å²) in [5.74, 6) is 0.298. The van der Waals surface area contributed by atoms with Crippen LogP contribution in [0, 0.1) is 5.92 Å². The Morgan fingerprint density at radius 2 is 2.00 bits per heavy atom. The van der Waals surface area contributed by atoms with Gasteiger partial charge in [0, 0.05) is 11.3 Å². The summed E-state index contributed by atoms with van der Waals surface area (Å²) < 4.78 is 0. The van der Waals surface area contributed by atoms with E-state index in [0.29, 0.717) is 11.5 Å². The second-order valence-corrected chi connectivity index (χ2v) is 5.99. The highest BCUT2D eigenvalue weighted by molar-refractivity contribution is 6.30. The van der Waals surface area contributed by atoms with E-state index in [1.165, 1.54) is 19.3 Å². The van der Waals surface area contributed by atoms with Crippen molar-refractivity contribution in [2.24, 2.45) is 5.92 Å². The van der Waals surface area contributed by atoms with E-state index in [0.717, 1.165) is 24.1 Å². The van der Waals surface area contributed by atoms with Crippen LogP contribution in [0.25, 0.3) is 0 Å². The third-order valence-electron chi connectivity index (χ3n) is 4.49. The van der Waals surface area contributed by atoms with Crippen LogP contribution in [0.5, 0.6) is 0 Å². The Labute approximate surface area is 123 Å². The van der Waals surface area contributed by atoms with Crippen LogP contribution in [-0.4, -0.2) is 17.6 Å². The third-order valence-corrected chi connectivity index (χ3v) is 4.73. The number of alkyl halides is 1. The number of halogens is 1. The van der Waals surface area contributed by atoms with E-state index in [-0.39, 0.29) is 23.5 Å². The van der Waals surface area contributed by atoms with Crippen LogP contribution in [0.15, 0.2) is 18.2 Å². The Kier molecular flexibility index (Phi) is 3.79. The normalized spacial score (nSPS) is 22.4. The first-order chi connectivity index (χ1) is 9.70. The zero-order chi connectivity index (χ0) is 14.1.